The first-order chi connectivity index (χ1) is 14.8. The van der Waals surface area contributed by atoms with Gasteiger partial charge in [-0.15, -0.1) is 0 Å². The number of ether oxygens (including phenoxy) is 1. The minimum absolute atomic E-state index is 0.212. The van der Waals surface area contributed by atoms with Crippen LogP contribution in [0, 0.1) is 13.8 Å². The molecule has 0 saturated heterocycles. The molecule has 0 unspecified atom stereocenters. The number of rotatable bonds is 6. The van der Waals surface area contributed by atoms with E-state index in [0.29, 0.717) is 17.2 Å². The molecule has 0 bridgehead atoms. The quantitative estimate of drug-likeness (QED) is 0.293. The van der Waals surface area contributed by atoms with Crippen LogP contribution < -0.4 is 10.1 Å². The standard InChI is InChI=1S/C27H27NO3/c1-18(2)22-10-7-21(8-11-22)9-16-26(29)31-24-14-12-23(13-15-24)27(30)28-25-17-19(3)5-6-20(25)4/h5-18H,1-4H3,(H,28,30)/b16-9+. The lowest BCUT2D eigenvalue weighted by Gasteiger charge is -2.10. The Bertz CT molecular complexity index is 1090. The Labute approximate surface area is 183 Å². The van der Waals surface area contributed by atoms with Crippen molar-refractivity contribution in [3.05, 3.63) is 101 Å². The van der Waals surface area contributed by atoms with E-state index < -0.39 is 5.97 Å². The van der Waals surface area contributed by atoms with Crippen molar-refractivity contribution in [2.24, 2.45) is 0 Å². The summed E-state index contributed by atoms with van der Waals surface area (Å²) in [4.78, 5) is 24.6. The fraction of sp³-hybridized carbons (Fsp3) is 0.185. The second-order valence-electron chi connectivity index (χ2n) is 7.87. The normalized spacial score (nSPS) is 11.0. The van der Waals surface area contributed by atoms with Gasteiger partial charge in [-0.1, -0.05) is 50.2 Å². The molecule has 1 N–H and O–H groups in total. The van der Waals surface area contributed by atoms with Crippen LogP contribution >= 0.6 is 0 Å². The van der Waals surface area contributed by atoms with Crippen molar-refractivity contribution in [2.45, 2.75) is 33.6 Å². The lowest BCUT2D eigenvalue weighted by atomic mass is 10.0. The maximum absolute atomic E-state index is 12.5. The van der Waals surface area contributed by atoms with E-state index in [2.05, 4.69) is 31.3 Å². The number of aryl methyl sites for hydroxylation is 2. The predicted molar refractivity (Wildman–Crippen MR) is 126 cm³/mol. The van der Waals surface area contributed by atoms with E-state index in [1.165, 1.54) is 11.6 Å². The molecule has 31 heavy (non-hydrogen) atoms. The highest BCUT2D eigenvalue weighted by atomic mass is 16.5. The number of esters is 1. The van der Waals surface area contributed by atoms with Gasteiger partial charge in [0.2, 0.25) is 0 Å². The van der Waals surface area contributed by atoms with E-state index in [9.17, 15) is 9.59 Å². The molecule has 3 rings (SSSR count). The first kappa shape index (κ1) is 22.0. The van der Waals surface area contributed by atoms with E-state index in [-0.39, 0.29) is 5.91 Å². The molecule has 4 heteroatoms. The van der Waals surface area contributed by atoms with E-state index in [0.717, 1.165) is 22.4 Å². The first-order valence-corrected chi connectivity index (χ1v) is 10.3. The Morgan fingerprint density at radius 3 is 2.23 bits per heavy atom. The maximum Gasteiger partial charge on any atom is 0.336 e. The molecule has 3 aromatic carbocycles. The fourth-order valence-corrected chi connectivity index (χ4v) is 3.05. The van der Waals surface area contributed by atoms with Crippen LogP contribution in [-0.2, 0) is 4.79 Å². The minimum atomic E-state index is -0.472. The molecular formula is C27H27NO3. The topological polar surface area (TPSA) is 55.4 Å². The summed E-state index contributed by atoms with van der Waals surface area (Å²) >= 11 is 0. The van der Waals surface area contributed by atoms with Crippen molar-refractivity contribution in [3.8, 4) is 5.75 Å². The van der Waals surface area contributed by atoms with Gasteiger partial charge in [-0.2, -0.15) is 0 Å². The Kier molecular flexibility index (Phi) is 7.03. The first-order valence-electron chi connectivity index (χ1n) is 10.3. The molecule has 0 aliphatic carbocycles. The molecule has 158 valence electrons. The lowest BCUT2D eigenvalue weighted by molar-refractivity contribution is -0.128. The van der Waals surface area contributed by atoms with Crippen LogP contribution in [0.4, 0.5) is 5.69 Å². The van der Waals surface area contributed by atoms with E-state index in [4.69, 9.17) is 4.74 Å². The van der Waals surface area contributed by atoms with Crippen molar-refractivity contribution < 1.29 is 14.3 Å². The zero-order valence-corrected chi connectivity index (χ0v) is 18.3. The summed E-state index contributed by atoms with van der Waals surface area (Å²) < 4.78 is 5.33. The molecule has 0 atom stereocenters. The molecule has 3 aromatic rings. The summed E-state index contributed by atoms with van der Waals surface area (Å²) in [7, 11) is 0. The summed E-state index contributed by atoms with van der Waals surface area (Å²) in [5, 5.41) is 2.92. The van der Waals surface area contributed by atoms with Crippen LogP contribution in [0.5, 0.6) is 5.75 Å². The second-order valence-corrected chi connectivity index (χ2v) is 7.87. The molecule has 0 heterocycles. The van der Waals surface area contributed by atoms with E-state index in [1.807, 2.05) is 44.2 Å². The van der Waals surface area contributed by atoms with Gasteiger partial charge >= 0.3 is 5.97 Å². The van der Waals surface area contributed by atoms with Gasteiger partial charge in [0.25, 0.3) is 5.91 Å². The van der Waals surface area contributed by atoms with Gasteiger partial charge in [-0.05, 0) is 78.4 Å². The highest BCUT2D eigenvalue weighted by Gasteiger charge is 2.09. The van der Waals surface area contributed by atoms with Crippen LogP contribution in [0.3, 0.4) is 0 Å². The predicted octanol–water partition coefficient (Wildman–Crippen LogP) is 6.30. The Balaban J connectivity index is 1.58. The van der Waals surface area contributed by atoms with Crippen LogP contribution in [-0.4, -0.2) is 11.9 Å². The number of hydrogen-bond acceptors (Lipinski definition) is 3. The Hall–Kier alpha value is -3.66. The average molecular weight is 414 g/mol. The number of amides is 1. The van der Waals surface area contributed by atoms with Crippen molar-refractivity contribution in [3.63, 3.8) is 0 Å². The molecule has 0 spiro atoms. The third-order valence-electron chi connectivity index (χ3n) is 4.99. The monoisotopic (exact) mass is 413 g/mol. The van der Waals surface area contributed by atoms with Crippen molar-refractivity contribution >= 4 is 23.6 Å². The number of carbonyl (C=O) groups excluding carboxylic acids is 2. The smallest absolute Gasteiger partial charge is 0.336 e. The highest BCUT2D eigenvalue weighted by molar-refractivity contribution is 6.04. The summed E-state index contributed by atoms with van der Waals surface area (Å²) in [6.07, 6.45) is 3.12. The molecule has 1 amide bonds. The summed E-state index contributed by atoms with van der Waals surface area (Å²) in [5.74, 6) is 0.166. The van der Waals surface area contributed by atoms with Crippen LogP contribution in [0.25, 0.3) is 6.08 Å². The Morgan fingerprint density at radius 2 is 1.58 bits per heavy atom. The Morgan fingerprint density at radius 1 is 0.903 bits per heavy atom. The molecule has 0 saturated carbocycles. The number of hydrogen-bond donors (Lipinski definition) is 1. The molecular weight excluding hydrogens is 386 g/mol. The number of benzene rings is 3. The lowest BCUT2D eigenvalue weighted by Crippen LogP contribution is -2.13. The maximum atomic E-state index is 12.5. The van der Waals surface area contributed by atoms with Gasteiger partial charge in [-0.25, -0.2) is 4.79 Å². The third kappa shape index (κ3) is 6.16. The van der Waals surface area contributed by atoms with Gasteiger partial charge in [0.1, 0.15) is 5.75 Å². The second kappa shape index (κ2) is 9.90. The minimum Gasteiger partial charge on any atom is -0.423 e. The molecule has 0 aliphatic heterocycles. The average Bonchev–Trinajstić information content (AvgIpc) is 2.75. The van der Waals surface area contributed by atoms with Crippen molar-refractivity contribution in [1.29, 1.82) is 0 Å². The number of nitrogens with one attached hydrogen (secondary N) is 1. The van der Waals surface area contributed by atoms with Gasteiger partial charge in [0.05, 0.1) is 0 Å². The fourth-order valence-electron chi connectivity index (χ4n) is 3.05. The van der Waals surface area contributed by atoms with Crippen LogP contribution in [0.2, 0.25) is 0 Å². The molecule has 0 radical (unpaired) electrons. The van der Waals surface area contributed by atoms with E-state index >= 15 is 0 Å². The molecule has 4 nitrogen and oxygen atoms in total. The van der Waals surface area contributed by atoms with Crippen molar-refractivity contribution in [2.75, 3.05) is 5.32 Å². The van der Waals surface area contributed by atoms with Gasteiger partial charge < -0.3 is 10.1 Å². The van der Waals surface area contributed by atoms with Crippen molar-refractivity contribution in [1.82, 2.24) is 0 Å². The SMILES string of the molecule is Cc1ccc(C)c(NC(=O)c2ccc(OC(=O)/C=C/c3ccc(C(C)C)cc3)cc2)c1. The molecule has 0 aliphatic rings. The van der Waals surface area contributed by atoms with Gasteiger partial charge in [0, 0.05) is 17.3 Å². The summed E-state index contributed by atoms with van der Waals surface area (Å²) in [6.45, 7) is 8.21. The highest BCUT2D eigenvalue weighted by Crippen LogP contribution is 2.19. The largest absolute Gasteiger partial charge is 0.423 e. The summed E-state index contributed by atoms with van der Waals surface area (Å²) in [6, 6.07) is 20.5. The number of carbonyl (C=O) groups is 2. The molecule has 0 aromatic heterocycles. The zero-order chi connectivity index (χ0) is 22.4. The van der Waals surface area contributed by atoms with Crippen LogP contribution in [0.15, 0.2) is 72.8 Å². The van der Waals surface area contributed by atoms with Gasteiger partial charge in [-0.3, -0.25) is 4.79 Å². The van der Waals surface area contributed by atoms with E-state index in [1.54, 1.807) is 30.3 Å². The van der Waals surface area contributed by atoms with Crippen LogP contribution in [0.1, 0.15) is 52.4 Å². The van der Waals surface area contributed by atoms with Gasteiger partial charge in [0.15, 0.2) is 0 Å². The molecule has 0 fully saturated rings. The number of anilines is 1. The third-order valence-corrected chi connectivity index (χ3v) is 4.99. The summed E-state index contributed by atoms with van der Waals surface area (Å²) in [5.41, 5.74) is 5.52. The zero-order valence-electron chi connectivity index (χ0n) is 18.3.